The second-order valence-corrected chi connectivity index (χ2v) is 12.7. The fourth-order valence-corrected chi connectivity index (χ4v) is 9.25. The Morgan fingerprint density at radius 2 is 1.05 bits per heavy atom. The lowest BCUT2D eigenvalue weighted by Gasteiger charge is -2.30. The van der Waals surface area contributed by atoms with Crippen LogP contribution >= 0.6 is 11.3 Å². The fourth-order valence-electron chi connectivity index (χ4n) is 8.06. The SMILES string of the molecule is c1ccc2c(c1)-c1ccccc1C21c2ccccc2-c2c(Nc3cc4ccccc4c4c3sc3ccccc34)cccc21. The largest absolute Gasteiger partial charge is 0.354 e. The van der Waals surface area contributed by atoms with Gasteiger partial charge < -0.3 is 5.32 Å². The Hall–Kier alpha value is -5.18. The van der Waals surface area contributed by atoms with E-state index in [1.54, 1.807) is 0 Å². The van der Waals surface area contributed by atoms with Crippen LogP contribution in [0.2, 0.25) is 0 Å². The summed E-state index contributed by atoms with van der Waals surface area (Å²) in [5, 5.41) is 9.23. The molecule has 8 aromatic rings. The normalized spacial score (nSPS) is 13.8. The van der Waals surface area contributed by atoms with Crippen molar-refractivity contribution in [2.75, 3.05) is 5.32 Å². The van der Waals surface area contributed by atoms with E-state index in [0.29, 0.717) is 0 Å². The number of nitrogens with one attached hydrogen (secondary N) is 1. The molecule has 1 aromatic heterocycles. The van der Waals surface area contributed by atoms with Gasteiger partial charge in [-0.25, -0.2) is 0 Å². The molecule has 1 spiro atoms. The van der Waals surface area contributed by atoms with Crippen LogP contribution in [-0.2, 0) is 5.41 Å². The van der Waals surface area contributed by atoms with Crippen LogP contribution in [0.4, 0.5) is 11.4 Å². The van der Waals surface area contributed by atoms with E-state index in [2.05, 4.69) is 151 Å². The van der Waals surface area contributed by atoms with Gasteiger partial charge >= 0.3 is 0 Å². The maximum Gasteiger partial charge on any atom is 0.0726 e. The Morgan fingerprint density at radius 3 is 1.81 bits per heavy atom. The number of fused-ring (bicyclic) bond motifs is 15. The van der Waals surface area contributed by atoms with Gasteiger partial charge in [-0.1, -0.05) is 127 Å². The Kier molecular flexibility index (Phi) is 4.59. The third-order valence-corrected chi connectivity index (χ3v) is 10.9. The van der Waals surface area contributed by atoms with Gasteiger partial charge in [0.05, 0.1) is 15.8 Å². The Morgan fingerprint density at radius 1 is 0.465 bits per heavy atom. The van der Waals surface area contributed by atoms with Crippen LogP contribution in [0.15, 0.2) is 146 Å². The third kappa shape index (κ3) is 2.91. The molecule has 0 radical (unpaired) electrons. The first-order valence-electron chi connectivity index (χ1n) is 14.9. The van der Waals surface area contributed by atoms with Gasteiger partial charge in [-0.15, -0.1) is 11.3 Å². The highest BCUT2D eigenvalue weighted by atomic mass is 32.1. The molecule has 10 rings (SSSR count). The van der Waals surface area contributed by atoms with Gasteiger partial charge in [0.1, 0.15) is 0 Å². The van der Waals surface area contributed by atoms with Gasteiger partial charge in [0.25, 0.3) is 0 Å². The minimum atomic E-state index is -0.340. The number of hydrogen-bond donors (Lipinski definition) is 1. The standard InChI is InChI=1S/C41H25NS/c1-2-13-26-25(12-1)24-36(40-38(26)30-17-6-10-23-37(30)43-40)42-35-22-11-21-34-39(35)29-16-5-9-20-33(29)41(34)31-18-7-3-14-27(31)28-15-4-8-19-32(28)41/h1-24,42H. The molecule has 0 fully saturated rings. The lowest BCUT2D eigenvalue weighted by molar-refractivity contribution is 0.794. The highest BCUT2D eigenvalue weighted by Gasteiger charge is 2.51. The van der Waals surface area contributed by atoms with E-state index in [1.165, 1.54) is 75.5 Å². The van der Waals surface area contributed by atoms with Gasteiger partial charge in [-0.3, -0.25) is 0 Å². The van der Waals surface area contributed by atoms with E-state index < -0.39 is 0 Å². The lowest BCUT2D eigenvalue weighted by Crippen LogP contribution is -2.25. The monoisotopic (exact) mass is 563 g/mol. The van der Waals surface area contributed by atoms with Crippen LogP contribution in [-0.4, -0.2) is 0 Å². The van der Waals surface area contributed by atoms with E-state index in [0.717, 1.165) is 11.4 Å². The minimum Gasteiger partial charge on any atom is -0.354 e. The maximum atomic E-state index is 4.01. The smallest absolute Gasteiger partial charge is 0.0726 e. The van der Waals surface area contributed by atoms with E-state index in [4.69, 9.17) is 0 Å². The second kappa shape index (κ2) is 8.44. The molecule has 2 aliphatic rings. The highest BCUT2D eigenvalue weighted by molar-refractivity contribution is 7.26. The summed E-state index contributed by atoms with van der Waals surface area (Å²) in [7, 11) is 0. The molecule has 0 saturated heterocycles. The van der Waals surface area contributed by atoms with Crippen LogP contribution < -0.4 is 5.32 Å². The Labute approximate surface area is 253 Å². The van der Waals surface area contributed by atoms with Crippen LogP contribution in [0, 0.1) is 0 Å². The zero-order valence-electron chi connectivity index (χ0n) is 23.3. The van der Waals surface area contributed by atoms with Crippen molar-refractivity contribution in [1.82, 2.24) is 0 Å². The molecule has 0 amide bonds. The van der Waals surface area contributed by atoms with Crippen molar-refractivity contribution >= 4 is 53.7 Å². The quantitative estimate of drug-likeness (QED) is 0.221. The van der Waals surface area contributed by atoms with Crippen molar-refractivity contribution in [3.63, 3.8) is 0 Å². The molecule has 0 bridgehead atoms. The van der Waals surface area contributed by atoms with Crippen LogP contribution in [0.3, 0.4) is 0 Å². The number of hydrogen-bond acceptors (Lipinski definition) is 2. The maximum absolute atomic E-state index is 4.01. The summed E-state index contributed by atoms with van der Waals surface area (Å²) in [4.78, 5) is 0. The predicted octanol–water partition coefficient (Wildman–Crippen LogP) is 11.3. The second-order valence-electron chi connectivity index (χ2n) is 11.7. The summed E-state index contributed by atoms with van der Waals surface area (Å²) >= 11 is 1.88. The van der Waals surface area contributed by atoms with Gasteiger partial charge in [0.2, 0.25) is 0 Å². The van der Waals surface area contributed by atoms with Gasteiger partial charge in [0.15, 0.2) is 0 Å². The van der Waals surface area contributed by atoms with Crippen LogP contribution in [0.5, 0.6) is 0 Å². The molecule has 0 aliphatic heterocycles. The van der Waals surface area contributed by atoms with Crippen molar-refractivity contribution in [3.05, 3.63) is 168 Å². The molecular formula is C41H25NS. The summed E-state index contributed by atoms with van der Waals surface area (Å²) in [5.41, 5.74) is 12.7. The first-order chi connectivity index (χ1) is 21.3. The Balaban J connectivity index is 1.27. The summed E-state index contributed by atoms with van der Waals surface area (Å²) < 4.78 is 2.62. The summed E-state index contributed by atoms with van der Waals surface area (Å²) in [6, 6.07) is 53.8. The summed E-state index contributed by atoms with van der Waals surface area (Å²) in [5.74, 6) is 0. The van der Waals surface area contributed by atoms with Crippen LogP contribution in [0.1, 0.15) is 22.3 Å². The molecule has 1 N–H and O–H groups in total. The van der Waals surface area contributed by atoms with E-state index in [-0.39, 0.29) is 5.41 Å². The molecule has 200 valence electrons. The van der Waals surface area contributed by atoms with E-state index in [9.17, 15) is 0 Å². The first-order valence-corrected chi connectivity index (χ1v) is 15.7. The van der Waals surface area contributed by atoms with Crippen LogP contribution in [0.25, 0.3) is 53.2 Å². The third-order valence-electron chi connectivity index (χ3n) is 9.66. The molecule has 0 unspecified atom stereocenters. The highest BCUT2D eigenvalue weighted by Crippen LogP contribution is 2.64. The van der Waals surface area contributed by atoms with Gasteiger partial charge in [-0.05, 0) is 67.9 Å². The molecule has 1 nitrogen and oxygen atoms in total. The molecule has 0 saturated carbocycles. The van der Waals surface area contributed by atoms with Gasteiger partial charge in [0, 0.05) is 26.7 Å². The molecule has 43 heavy (non-hydrogen) atoms. The summed E-state index contributed by atoms with van der Waals surface area (Å²) in [6.45, 7) is 0. The van der Waals surface area contributed by atoms with E-state index >= 15 is 0 Å². The number of thiophene rings is 1. The molecule has 7 aromatic carbocycles. The number of rotatable bonds is 2. The average molecular weight is 564 g/mol. The Bertz CT molecular complexity index is 2400. The van der Waals surface area contributed by atoms with Crippen molar-refractivity contribution in [3.8, 4) is 22.3 Å². The summed E-state index contributed by atoms with van der Waals surface area (Å²) in [6.07, 6.45) is 0. The minimum absolute atomic E-state index is 0.340. The first kappa shape index (κ1) is 23.4. The molecule has 1 heterocycles. The number of benzene rings is 7. The van der Waals surface area contributed by atoms with E-state index in [1.807, 2.05) is 11.3 Å². The predicted molar refractivity (Wildman–Crippen MR) is 183 cm³/mol. The molecule has 2 aliphatic carbocycles. The van der Waals surface area contributed by atoms with Crippen molar-refractivity contribution < 1.29 is 0 Å². The molecule has 0 atom stereocenters. The molecular weight excluding hydrogens is 539 g/mol. The topological polar surface area (TPSA) is 12.0 Å². The van der Waals surface area contributed by atoms with Gasteiger partial charge in [-0.2, -0.15) is 0 Å². The fraction of sp³-hybridized carbons (Fsp3) is 0.0244. The zero-order chi connectivity index (χ0) is 28.1. The zero-order valence-corrected chi connectivity index (χ0v) is 24.1. The van der Waals surface area contributed by atoms with Crippen molar-refractivity contribution in [2.24, 2.45) is 0 Å². The van der Waals surface area contributed by atoms with Crippen molar-refractivity contribution in [1.29, 1.82) is 0 Å². The average Bonchev–Trinajstić information content (AvgIpc) is 3.70. The molecule has 2 heteroatoms. The van der Waals surface area contributed by atoms with Crippen molar-refractivity contribution in [2.45, 2.75) is 5.41 Å². The lowest BCUT2D eigenvalue weighted by atomic mass is 9.70. The number of anilines is 2.